The Morgan fingerprint density at radius 3 is 2.72 bits per heavy atom. The third-order valence-corrected chi connectivity index (χ3v) is 4.24. The van der Waals surface area contributed by atoms with Gasteiger partial charge >= 0.3 is 0 Å². The van der Waals surface area contributed by atoms with E-state index in [1.165, 1.54) is 24.3 Å². The summed E-state index contributed by atoms with van der Waals surface area (Å²) in [6.45, 7) is 2.71. The number of aromatic nitrogens is 3. The summed E-state index contributed by atoms with van der Waals surface area (Å²) in [4.78, 5) is 17.1. The van der Waals surface area contributed by atoms with E-state index in [1.54, 1.807) is 17.1 Å². The highest BCUT2D eigenvalue weighted by Crippen LogP contribution is 2.32. The van der Waals surface area contributed by atoms with E-state index >= 15 is 0 Å². The molecule has 2 heterocycles. The van der Waals surface area contributed by atoms with Gasteiger partial charge in [-0.25, -0.2) is 14.1 Å². The Morgan fingerprint density at radius 1 is 1.28 bits per heavy atom. The van der Waals surface area contributed by atoms with Gasteiger partial charge in [-0.3, -0.25) is 4.79 Å². The first-order valence-electron chi connectivity index (χ1n) is 8.33. The zero-order valence-electron chi connectivity index (χ0n) is 13.8. The largest absolute Gasteiger partial charge is 0.381 e. The second kappa shape index (κ2) is 6.16. The maximum absolute atomic E-state index is 13.0. The Bertz CT molecular complexity index is 931. The number of nitrogens with one attached hydrogen (secondary N) is 2. The Hall–Kier alpha value is -2.96. The molecule has 1 aliphatic carbocycles. The van der Waals surface area contributed by atoms with Crippen LogP contribution in [-0.4, -0.2) is 26.7 Å². The van der Waals surface area contributed by atoms with Gasteiger partial charge in [-0.2, -0.15) is 5.10 Å². The lowest BCUT2D eigenvalue weighted by Crippen LogP contribution is -2.16. The predicted octanol–water partition coefficient (Wildman–Crippen LogP) is 3.42. The number of nitrogens with zero attached hydrogens (tertiary/aromatic N) is 3. The normalized spacial score (nSPS) is 13.8. The average molecular weight is 339 g/mol. The number of hydrogen-bond donors (Lipinski definition) is 2. The van der Waals surface area contributed by atoms with Crippen molar-refractivity contribution in [3.05, 3.63) is 48.0 Å². The van der Waals surface area contributed by atoms with Gasteiger partial charge in [0.25, 0.3) is 5.91 Å². The Morgan fingerprint density at radius 2 is 2.04 bits per heavy atom. The summed E-state index contributed by atoms with van der Waals surface area (Å²) in [6.07, 6.45) is 5.49. The molecule has 128 valence electrons. The van der Waals surface area contributed by atoms with Gasteiger partial charge < -0.3 is 10.6 Å². The zero-order valence-corrected chi connectivity index (χ0v) is 13.8. The van der Waals surface area contributed by atoms with Crippen molar-refractivity contribution in [2.75, 3.05) is 10.6 Å². The Balaban J connectivity index is 1.71. The van der Waals surface area contributed by atoms with Crippen LogP contribution in [0, 0.1) is 5.82 Å². The molecular formula is C18H18FN5O. The highest BCUT2D eigenvalue weighted by atomic mass is 19.1. The molecule has 7 heteroatoms. The zero-order chi connectivity index (χ0) is 17.4. The summed E-state index contributed by atoms with van der Waals surface area (Å²) in [5.74, 6) is -0.627. The quantitative estimate of drug-likeness (QED) is 0.747. The molecule has 1 amide bonds. The minimum Gasteiger partial charge on any atom is -0.381 e. The van der Waals surface area contributed by atoms with Crippen molar-refractivity contribution in [3.63, 3.8) is 0 Å². The van der Waals surface area contributed by atoms with E-state index in [-0.39, 0.29) is 11.7 Å². The van der Waals surface area contributed by atoms with Crippen molar-refractivity contribution >= 4 is 28.3 Å². The van der Waals surface area contributed by atoms with Gasteiger partial charge in [0, 0.05) is 24.5 Å². The molecular weight excluding hydrogens is 321 g/mol. The molecule has 3 aromatic rings. The summed E-state index contributed by atoms with van der Waals surface area (Å²) in [6, 6.07) is 6.06. The number of halogens is 1. The minimum absolute atomic E-state index is 0.284. The van der Waals surface area contributed by atoms with Gasteiger partial charge in [0.15, 0.2) is 5.65 Å². The highest BCUT2D eigenvalue weighted by Gasteiger charge is 2.26. The van der Waals surface area contributed by atoms with E-state index in [0.29, 0.717) is 23.8 Å². The van der Waals surface area contributed by atoms with Crippen molar-refractivity contribution in [2.24, 2.45) is 0 Å². The first-order chi connectivity index (χ1) is 12.2. The van der Waals surface area contributed by atoms with E-state index in [9.17, 15) is 9.18 Å². The lowest BCUT2D eigenvalue weighted by molar-refractivity contribution is 0.102. The fourth-order valence-electron chi connectivity index (χ4n) is 2.75. The van der Waals surface area contributed by atoms with Crippen molar-refractivity contribution in [2.45, 2.75) is 32.4 Å². The molecule has 0 atom stereocenters. The number of hydrogen-bond acceptors (Lipinski definition) is 4. The fraction of sp³-hybridized carbons (Fsp3) is 0.278. The molecule has 0 saturated heterocycles. The number of rotatable bonds is 5. The van der Waals surface area contributed by atoms with E-state index in [1.807, 2.05) is 6.92 Å². The van der Waals surface area contributed by atoms with Gasteiger partial charge in [0.2, 0.25) is 0 Å². The van der Waals surface area contributed by atoms with E-state index in [2.05, 4.69) is 20.7 Å². The average Bonchev–Trinajstić information content (AvgIpc) is 3.33. The molecule has 1 aromatic carbocycles. The third-order valence-electron chi connectivity index (χ3n) is 4.24. The van der Waals surface area contributed by atoms with Crippen LogP contribution in [0.5, 0.6) is 0 Å². The lowest BCUT2D eigenvalue weighted by atomic mass is 10.1. The number of carbonyl (C=O) groups excluding carboxylic acids is 1. The van der Waals surface area contributed by atoms with E-state index in [4.69, 9.17) is 0 Å². The molecule has 6 nitrogen and oxygen atoms in total. The van der Waals surface area contributed by atoms with Gasteiger partial charge in [-0.1, -0.05) is 0 Å². The number of aryl methyl sites for hydroxylation is 1. The van der Waals surface area contributed by atoms with Crippen LogP contribution in [0.3, 0.4) is 0 Å². The number of pyridine rings is 1. The maximum atomic E-state index is 13.0. The molecule has 0 spiro atoms. The van der Waals surface area contributed by atoms with Gasteiger partial charge in [-0.05, 0) is 44.0 Å². The topological polar surface area (TPSA) is 71.8 Å². The standard InChI is InChI=1S/C18H18FN5O/c1-2-24-17-14(10-21-24)16(22-12-7-8-12)15(9-20-17)18(25)23-13-5-3-11(19)4-6-13/h3-6,9-10,12H,2,7-8H2,1H3,(H,20,22)(H,23,25). The van der Waals surface area contributed by atoms with Crippen molar-refractivity contribution < 1.29 is 9.18 Å². The molecule has 0 unspecified atom stereocenters. The number of carbonyl (C=O) groups is 1. The molecule has 2 N–H and O–H groups in total. The molecule has 1 saturated carbocycles. The number of anilines is 2. The fourth-order valence-corrected chi connectivity index (χ4v) is 2.75. The van der Waals surface area contributed by atoms with Crippen LogP contribution in [0.1, 0.15) is 30.1 Å². The summed E-state index contributed by atoms with van der Waals surface area (Å²) in [5, 5.41) is 11.4. The monoisotopic (exact) mass is 339 g/mol. The first-order valence-corrected chi connectivity index (χ1v) is 8.33. The molecule has 0 bridgehead atoms. The van der Waals surface area contributed by atoms with Crippen molar-refractivity contribution in [1.82, 2.24) is 14.8 Å². The molecule has 2 aromatic heterocycles. The summed E-state index contributed by atoms with van der Waals surface area (Å²) >= 11 is 0. The van der Waals surface area contributed by atoms with Gasteiger partial charge in [-0.15, -0.1) is 0 Å². The van der Waals surface area contributed by atoms with E-state index < -0.39 is 0 Å². The molecule has 0 radical (unpaired) electrons. The molecule has 0 aliphatic heterocycles. The van der Waals surface area contributed by atoms with Crippen LogP contribution in [-0.2, 0) is 6.54 Å². The summed E-state index contributed by atoms with van der Waals surface area (Å²) in [5.41, 5.74) is 2.50. The van der Waals surface area contributed by atoms with Gasteiger partial charge in [0.05, 0.1) is 22.8 Å². The van der Waals surface area contributed by atoms with Crippen LogP contribution in [0.4, 0.5) is 15.8 Å². The smallest absolute Gasteiger partial charge is 0.259 e. The Kier molecular flexibility index (Phi) is 3.83. The summed E-state index contributed by atoms with van der Waals surface area (Å²) in [7, 11) is 0. The Labute approximate surface area is 144 Å². The van der Waals surface area contributed by atoms with Gasteiger partial charge in [0.1, 0.15) is 5.82 Å². The number of amides is 1. The number of benzene rings is 1. The maximum Gasteiger partial charge on any atom is 0.259 e. The summed E-state index contributed by atoms with van der Waals surface area (Å²) < 4.78 is 14.8. The number of fused-ring (bicyclic) bond motifs is 1. The second-order valence-corrected chi connectivity index (χ2v) is 6.12. The third kappa shape index (κ3) is 3.05. The van der Waals surface area contributed by atoms with Crippen LogP contribution in [0.25, 0.3) is 11.0 Å². The second-order valence-electron chi connectivity index (χ2n) is 6.12. The molecule has 4 rings (SSSR count). The van der Waals surface area contributed by atoms with Crippen molar-refractivity contribution in [1.29, 1.82) is 0 Å². The van der Waals surface area contributed by atoms with E-state index in [0.717, 1.165) is 29.6 Å². The lowest BCUT2D eigenvalue weighted by Gasteiger charge is -2.13. The van der Waals surface area contributed by atoms with Crippen LogP contribution >= 0.6 is 0 Å². The minimum atomic E-state index is -0.343. The predicted molar refractivity (Wildman–Crippen MR) is 94.2 cm³/mol. The highest BCUT2D eigenvalue weighted by molar-refractivity contribution is 6.12. The van der Waals surface area contributed by atoms with Crippen LogP contribution < -0.4 is 10.6 Å². The molecule has 25 heavy (non-hydrogen) atoms. The first kappa shape index (κ1) is 15.6. The molecule has 1 fully saturated rings. The van der Waals surface area contributed by atoms with Crippen LogP contribution in [0.15, 0.2) is 36.7 Å². The van der Waals surface area contributed by atoms with Crippen LogP contribution in [0.2, 0.25) is 0 Å². The molecule has 1 aliphatic rings. The van der Waals surface area contributed by atoms with Crippen molar-refractivity contribution in [3.8, 4) is 0 Å². The SMILES string of the molecule is CCn1ncc2c(NC3CC3)c(C(=O)Nc3ccc(F)cc3)cnc21.